The zero-order chi connectivity index (χ0) is 17.4. The Morgan fingerprint density at radius 2 is 2.00 bits per heavy atom. The van der Waals surface area contributed by atoms with Gasteiger partial charge >= 0.3 is 5.97 Å². The van der Waals surface area contributed by atoms with Crippen molar-refractivity contribution in [1.29, 1.82) is 0 Å². The number of β-lactam (4-membered cyclic amide) rings is 1. The maximum Gasteiger partial charge on any atom is 0.352 e. The van der Waals surface area contributed by atoms with Gasteiger partial charge in [-0.25, -0.2) is 4.79 Å². The number of carbonyl (C=O) groups excluding carboxylic acids is 2. The standard InChI is InChI=1S/C16H17N3O4S.ClH/c1-8-7-24-15-11(14(21)19(15)12(8)16(22)23)18-13(20)10(17)9-5-3-2-4-6-9;/h2-6,10-11,15H,7,17H2,1H3,(H,18,20)(H,22,23);1H/t10?,11-,15-;/m1./s1. The van der Waals surface area contributed by atoms with E-state index in [1.54, 1.807) is 31.2 Å². The van der Waals surface area contributed by atoms with Gasteiger partial charge in [-0.2, -0.15) is 0 Å². The van der Waals surface area contributed by atoms with E-state index in [0.717, 1.165) is 0 Å². The molecule has 0 radical (unpaired) electrons. The molecule has 3 rings (SSSR count). The van der Waals surface area contributed by atoms with Gasteiger partial charge in [0.25, 0.3) is 5.91 Å². The van der Waals surface area contributed by atoms with Gasteiger partial charge in [-0.3, -0.25) is 14.5 Å². The zero-order valence-electron chi connectivity index (χ0n) is 13.3. The van der Waals surface area contributed by atoms with Crippen molar-refractivity contribution in [1.82, 2.24) is 10.2 Å². The van der Waals surface area contributed by atoms with Crippen molar-refractivity contribution in [2.24, 2.45) is 5.73 Å². The Kier molecular flexibility index (Phi) is 5.76. The molecular formula is C16H18ClN3O4S. The van der Waals surface area contributed by atoms with Gasteiger partial charge in [0.2, 0.25) is 5.91 Å². The summed E-state index contributed by atoms with van der Waals surface area (Å²) in [5.74, 6) is -1.50. The van der Waals surface area contributed by atoms with Gasteiger partial charge in [-0.05, 0) is 18.1 Å². The third-order valence-corrected chi connectivity index (χ3v) is 5.52. The van der Waals surface area contributed by atoms with E-state index in [1.165, 1.54) is 16.7 Å². The van der Waals surface area contributed by atoms with Crippen LogP contribution < -0.4 is 11.1 Å². The molecular weight excluding hydrogens is 366 g/mol. The van der Waals surface area contributed by atoms with Gasteiger partial charge in [-0.15, -0.1) is 24.2 Å². The van der Waals surface area contributed by atoms with Crippen molar-refractivity contribution in [2.75, 3.05) is 5.75 Å². The van der Waals surface area contributed by atoms with Crippen LogP contribution in [-0.4, -0.2) is 45.0 Å². The number of nitrogens with zero attached hydrogens (tertiary/aromatic N) is 1. The Labute approximate surface area is 155 Å². The summed E-state index contributed by atoms with van der Waals surface area (Å²) in [4.78, 5) is 37.2. The molecule has 25 heavy (non-hydrogen) atoms. The highest BCUT2D eigenvalue weighted by Gasteiger charge is 2.53. The van der Waals surface area contributed by atoms with Crippen molar-refractivity contribution in [2.45, 2.75) is 24.4 Å². The van der Waals surface area contributed by atoms with Crippen LogP contribution in [0.2, 0.25) is 0 Å². The molecule has 1 aromatic rings. The zero-order valence-corrected chi connectivity index (χ0v) is 15.0. The first-order valence-corrected chi connectivity index (χ1v) is 8.45. The number of nitrogens with one attached hydrogen (secondary N) is 1. The minimum Gasteiger partial charge on any atom is -0.477 e. The molecule has 134 valence electrons. The molecule has 2 aliphatic rings. The molecule has 1 saturated heterocycles. The number of fused-ring (bicyclic) bond motifs is 1. The molecule has 1 aromatic carbocycles. The van der Waals surface area contributed by atoms with Crippen molar-refractivity contribution in [3.05, 3.63) is 47.2 Å². The summed E-state index contributed by atoms with van der Waals surface area (Å²) in [5.41, 5.74) is 7.24. The van der Waals surface area contributed by atoms with Crippen LogP contribution in [0.5, 0.6) is 0 Å². The molecule has 2 amide bonds. The second-order valence-electron chi connectivity index (χ2n) is 5.72. The van der Waals surface area contributed by atoms with Crippen molar-refractivity contribution >= 4 is 42.0 Å². The topological polar surface area (TPSA) is 113 Å². The highest BCUT2D eigenvalue weighted by atomic mass is 35.5. The Hall–Kier alpha value is -2.03. The van der Waals surface area contributed by atoms with Crippen LogP contribution in [0.1, 0.15) is 18.5 Å². The van der Waals surface area contributed by atoms with Crippen LogP contribution in [0.25, 0.3) is 0 Å². The van der Waals surface area contributed by atoms with Gasteiger partial charge < -0.3 is 16.2 Å². The number of rotatable bonds is 4. The first-order valence-electron chi connectivity index (χ1n) is 7.40. The van der Waals surface area contributed by atoms with E-state index in [2.05, 4.69) is 5.32 Å². The molecule has 0 saturated carbocycles. The van der Waals surface area contributed by atoms with E-state index < -0.39 is 35.2 Å². The first-order chi connectivity index (χ1) is 11.4. The number of amides is 2. The Balaban J connectivity index is 0.00000225. The highest BCUT2D eigenvalue weighted by molar-refractivity contribution is 8.00. The monoisotopic (exact) mass is 383 g/mol. The minimum atomic E-state index is -1.13. The molecule has 0 aliphatic carbocycles. The third-order valence-electron chi connectivity index (χ3n) is 4.10. The number of nitrogens with two attached hydrogens (primary N) is 1. The van der Waals surface area contributed by atoms with Crippen LogP contribution in [-0.2, 0) is 14.4 Å². The minimum absolute atomic E-state index is 0. The summed E-state index contributed by atoms with van der Waals surface area (Å²) in [6.45, 7) is 1.69. The lowest BCUT2D eigenvalue weighted by atomic mass is 10.0. The molecule has 3 atom stereocenters. The largest absolute Gasteiger partial charge is 0.477 e. The number of carboxylic acids is 1. The lowest BCUT2D eigenvalue weighted by Gasteiger charge is -2.49. The molecule has 1 fully saturated rings. The van der Waals surface area contributed by atoms with E-state index in [4.69, 9.17) is 5.73 Å². The van der Waals surface area contributed by atoms with Gasteiger partial charge in [0.1, 0.15) is 23.2 Å². The van der Waals surface area contributed by atoms with Crippen molar-refractivity contribution in [3.63, 3.8) is 0 Å². The number of carbonyl (C=O) groups is 3. The summed E-state index contributed by atoms with van der Waals surface area (Å²) in [7, 11) is 0. The fourth-order valence-corrected chi connectivity index (χ4v) is 4.12. The molecule has 4 N–H and O–H groups in total. The van der Waals surface area contributed by atoms with Crippen LogP contribution in [0.3, 0.4) is 0 Å². The predicted octanol–water partition coefficient (Wildman–Crippen LogP) is 0.867. The van der Waals surface area contributed by atoms with E-state index in [1.807, 2.05) is 6.07 Å². The molecule has 0 spiro atoms. The van der Waals surface area contributed by atoms with Crippen LogP contribution in [0, 0.1) is 0 Å². The molecule has 2 aliphatic heterocycles. The second kappa shape index (κ2) is 7.47. The summed E-state index contributed by atoms with van der Waals surface area (Å²) in [5, 5.41) is 11.5. The number of hydrogen-bond acceptors (Lipinski definition) is 5. The maximum absolute atomic E-state index is 12.3. The van der Waals surface area contributed by atoms with Gasteiger partial charge in [0.15, 0.2) is 0 Å². The summed E-state index contributed by atoms with van der Waals surface area (Å²) in [6, 6.07) is 7.23. The Bertz CT molecular complexity index is 740. The van der Waals surface area contributed by atoms with Crippen molar-refractivity contribution in [3.8, 4) is 0 Å². The fourth-order valence-electron chi connectivity index (χ4n) is 2.83. The molecule has 2 heterocycles. The predicted molar refractivity (Wildman–Crippen MR) is 96.0 cm³/mol. The van der Waals surface area contributed by atoms with Crippen LogP contribution >= 0.6 is 24.2 Å². The quantitative estimate of drug-likeness (QED) is 0.665. The first kappa shape index (κ1) is 19.3. The Morgan fingerprint density at radius 1 is 1.36 bits per heavy atom. The van der Waals surface area contributed by atoms with Gasteiger partial charge in [0.05, 0.1) is 0 Å². The fraction of sp³-hybridized carbons (Fsp3) is 0.312. The average molecular weight is 384 g/mol. The lowest BCUT2D eigenvalue weighted by molar-refractivity contribution is -0.150. The summed E-state index contributed by atoms with van der Waals surface area (Å²) >= 11 is 1.43. The third kappa shape index (κ3) is 3.37. The normalized spacial score (nSPS) is 23.1. The highest BCUT2D eigenvalue weighted by Crippen LogP contribution is 2.40. The molecule has 1 unspecified atom stereocenters. The van der Waals surface area contributed by atoms with E-state index in [-0.39, 0.29) is 18.1 Å². The molecule has 0 aromatic heterocycles. The summed E-state index contributed by atoms with van der Waals surface area (Å²) in [6.07, 6.45) is 0. The number of thioether (sulfide) groups is 1. The number of halogens is 1. The van der Waals surface area contributed by atoms with Crippen LogP contribution in [0.4, 0.5) is 0 Å². The maximum atomic E-state index is 12.3. The lowest BCUT2D eigenvalue weighted by Crippen LogP contribution is -2.71. The van der Waals surface area contributed by atoms with Crippen LogP contribution in [0.15, 0.2) is 41.6 Å². The molecule has 0 bridgehead atoms. The number of aliphatic carboxylic acids is 1. The molecule has 7 nitrogen and oxygen atoms in total. The van der Waals surface area contributed by atoms with Crippen molar-refractivity contribution < 1.29 is 19.5 Å². The Morgan fingerprint density at radius 3 is 2.60 bits per heavy atom. The number of benzene rings is 1. The summed E-state index contributed by atoms with van der Waals surface area (Å²) < 4.78 is 0. The van der Waals surface area contributed by atoms with Gasteiger partial charge in [-0.1, -0.05) is 30.3 Å². The average Bonchev–Trinajstić information content (AvgIpc) is 2.59. The SMILES string of the molecule is CC1=C(C(=O)O)N2C(=O)[C@@H](NC(=O)C(N)c3ccccc3)[C@H]2SC1.Cl. The number of carboxylic acid groups (broad SMARTS) is 1. The van der Waals surface area contributed by atoms with E-state index in [9.17, 15) is 19.5 Å². The van der Waals surface area contributed by atoms with E-state index in [0.29, 0.717) is 16.9 Å². The second-order valence-corrected chi connectivity index (χ2v) is 6.82. The molecule has 9 heteroatoms. The van der Waals surface area contributed by atoms with Gasteiger partial charge in [0, 0.05) is 5.75 Å². The number of hydrogen-bond donors (Lipinski definition) is 3. The van der Waals surface area contributed by atoms with E-state index >= 15 is 0 Å². The smallest absolute Gasteiger partial charge is 0.352 e.